The molecule has 1 aliphatic heterocycles. The van der Waals surface area contributed by atoms with Crippen molar-refractivity contribution < 1.29 is 0 Å². The van der Waals surface area contributed by atoms with Gasteiger partial charge in [-0.3, -0.25) is 4.90 Å². The zero-order valence-corrected chi connectivity index (χ0v) is 9.23. The van der Waals surface area contributed by atoms with E-state index >= 15 is 0 Å². The summed E-state index contributed by atoms with van der Waals surface area (Å²) in [7, 11) is 0. The van der Waals surface area contributed by atoms with Gasteiger partial charge in [-0.25, -0.2) is 0 Å². The molecular weight excluding hydrogens is 182 g/mol. The van der Waals surface area contributed by atoms with Gasteiger partial charge in [0.05, 0.1) is 0 Å². The van der Waals surface area contributed by atoms with Gasteiger partial charge in [0.1, 0.15) is 0 Å². The SMILES string of the molecule is c1ccc(C2CCCCN2C2CC2)cc1. The highest BCUT2D eigenvalue weighted by Gasteiger charge is 2.35. The third-order valence-corrected chi connectivity index (χ3v) is 3.74. The Balaban J connectivity index is 1.82. The largest absolute Gasteiger partial charge is 0.293 e. The molecule has 0 amide bonds. The van der Waals surface area contributed by atoms with E-state index in [9.17, 15) is 0 Å². The highest BCUT2D eigenvalue weighted by molar-refractivity contribution is 5.20. The van der Waals surface area contributed by atoms with Gasteiger partial charge >= 0.3 is 0 Å². The van der Waals surface area contributed by atoms with Crippen LogP contribution in [-0.4, -0.2) is 17.5 Å². The van der Waals surface area contributed by atoms with E-state index in [2.05, 4.69) is 35.2 Å². The molecule has 1 heteroatoms. The first-order chi connectivity index (χ1) is 7.45. The highest BCUT2D eigenvalue weighted by Crippen LogP contribution is 2.39. The molecule has 2 fully saturated rings. The van der Waals surface area contributed by atoms with Crippen LogP contribution in [0.1, 0.15) is 43.7 Å². The first-order valence-electron chi connectivity index (χ1n) is 6.26. The fourth-order valence-electron chi connectivity index (χ4n) is 2.83. The Morgan fingerprint density at radius 3 is 2.47 bits per heavy atom. The van der Waals surface area contributed by atoms with Gasteiger partial charge in [-0.05, 0) is 37.8 Å². The number of benzene rings is 1. The van der Waals surface area contributed by atoms with E-state index in [1.165, 1.54) is 44.2 Å². The number of rotatable bonds is 2. The van der Waals surface area contributed by atoms with Crippen LogP contribution in [0.3, 0.4) is 0 Å². The molecule has 0 N–H and O–H groups in total. The smallest absolute Gasteiger partial charge is 0.0351 e. The first kappa shape index (κ1) is 9.41. The van der Waals surface area contributed by atoms with Gasteiger partial charge in [-0.15, -0.1) is 0 Å². The van der Waals surface area contributed by atoms with Crippen molar-refractivity contribution in [3.63, 3.8) is 0 Å². The summed E-state index contributed by atoms with van der Waals surface area (Å²) >= 11 is 0. The maximum Gasteiger partial charge on any atom is 0.0351 e. The van der Waals surface area contributed by atoms with Crippen LogP contribution in [0.4, 0.5) is 0 Å². The van der Waals surface area contributed by atoms with Crippen molar-refractivity contribution in [2.75, 3.05) is 6.54 Å². The molecule has 3 rings (SSSR count). The summed E-state index contributed by atoms with van der Waals surface area (Å²) in [4.78, 5) is 2.75. The third-order valence-electron chi connectivity index (χ3n) is 3.74. The molecule has 1 heterocycles. The van der Waals surface area contributed by atoms with Crippen LogP contribution in [0.15, 0.2) is 30.3 Å². The summed E-state index contributed by atoms with van der Waals surface area (Å²) in [5.74, 6) is 0. The standard InChI is InChI=1S/C14H19N/c1-2-6-12(7-3-1)14-8-4-5-11-15(14)13-9-10-13/h1-3,6-7,13-14H,4-5,8-11H2. The Labute approximate surface area is 92.1 Å². The Morgan fingerprint density at radius 2 is 1.73 bits per heavy atom. The van der Waals surface area contributed by atoms with E-state index in [0.29, 0.717) is 6.04 Å². The minimum atomic E-state index is 0.715. The zero-order valence-electron chi connectivity index (χ0n) is 9.23. The van der Waals surface area contributed by atoms with Gasteiger partial charge in [-0.1, -0.05) is 36.8 Å². The molecule has 0 bridgehead atoms. The minimum absolute atomic E-state index is 0.715. The van der Waals surface area contributed by atoms with E-state index in [-0.39, 0.29) is 0 Å². The fraction of sp³-hybridized carbons (Fsp3) is 0.571. The summed E-state index contributed by atoms with van der Waals surface area (Å²) in [5.41, 5.74) is 1.53. The quantitative estimate of drug-likeness (QED) is 0.709. The van der Waals surface area contributed by atoms with Crippen LogP contribution >= 0.6 is 0 Å². The molecule has 1 unspecified atom stereocenters. The third kappa shape index (κ3) is 1.93. The molecule has 1 atom stereocenters. The Kier molecular flexibility index (Phi) is 2.49. The summed E-state index contributed by atoms with van der Waals surface area (Å²) in [6.07, 6.45) is 7.04. The number of nitrogens with zero attached hydrogens (tertiary/aromatic N) is 1. The minimum Gasteiger partial charge on any atom is -0.293 e. The van der Waals surface area contributed by atoms with Crippen LogP contribution in [0.2, 0.25) is 0 Å². The van der Waals surface area contributed by atoms with E-state index in [1.54, 1.807) is 0 Å². The molecule has 1 aromatic carbocycles. The molecular formula is C14H19N. The second kappa shape index (κ2) is 3.97. The molecule has 0 spiro atoms. The van der Waals surface area contributed by atoms with E-state index in [4.69, 9.17) is 0 Å². The Bertz CT molecular complexity index is 315. The lowest BCUT2D eigenvalue weighted by atomic mass is 9.95. The monoisotopic (exact) mass is 201 g/mol. The summed E-state index contributed by atoms with van der Waals surface area (Å²) in [5, 5.41) is 0. The van der Waals surface area contributed by atoms with Crippen molar-refractivity contribution in [2.24, 2.45) is 0 Å². The zero-order chi connectivity index (χ0) is 10.1. The number of hydrogen-bond acceptors (Lipinski definition) is 1. The molecule has 1 saturated heterocycles. The lowest BCUT2D eigenvalue weighted by Crippen LogP contribution is -2.35. The van der Waals surface area contributed by atoms with Gasteiger partial charge in [0.15, 0.2) is 0 Å². The fourth-order valence-corrected chi connectivity index (χ4v) is 2.83. The van der Waals surface area contributed by atoms with E-state index < -0.39 is 0 Å². The molecule has 80 valence electrons. The van der Waals surface area contributed by atoms with Gasteiger partial charge in [0.25, 0.3) is 0 Å². The number of piperidine rings is 1. The number of hydrogen-bond donors (Lipinski definition) is 0. The number of likely N-dealkylation sites (tertiary alicyclic amines) is 1. The van der Waals surface area contributed by atoms with Crippen LogP contribution < -0.4 is 0 Å². The summed E-state index contributed by atoms with van der Waals surface area (Å²) in [6.45, 7) is 1.32. The molecule has 0 aromatic heterocycles. The Morgan fingerprint density at radius 1 is 0.933 bits per heavy atom. The molecule has 1 nitrogen and oxygen atoms in total. The van der Waals surface area contributed by atoms with Gasteiger partial charge in [0, 0.05) is 12.1 Å². The second-order valence-electron chi connectivity index (χ2n) is 4.89. The molecule has 1 saturated carbocycles. The molecule has 15 heavy (non-hydrogen) atoms. The van der Waals surface area contributed by atoms with Gasteiger partial charge in [-0.2, -0.15) is 0 Å². The maximum atomic E-state index is 2.75. The highest BCUT2D eigenvalue weighted by atomic mass is 15.2. The van der Waals surface area contributed by atoms with Crippen LogP contribution in [-0.2, 0) is 0 Å². The van der Waals surface area contributed by atoms with Gasteiger partial charge in [0.2, 0.25) is 0 Å². The lowest BCUT2D eigenvalue weighted by molar-refractivity contribution is 0.139. The van der Waals surface area contributed by atoms with Crippen molar-refractivity contribution >= 4 is 0 Å². The van der Waals surface area contributed by atoms with E-state index in [0.717, 1.165) is 6.04 Å². The van der Waals surface area contributed by atoms with Crippen molar-refractivity contribution in [1.82, 2.24) is 4.90 Å². The topological polar surface area (TPSA) is 3.24 Å². The predicted octanol–water partition coefficient (Wildman–Crippen LogP) is 3.38. The predicted molar refractivity (Wildman–Crippen MR) is 62.8 cm³/mol. The van der Waals surface area contributed by atoms with Crippen molar-refractivity contribution in [3.05, 3.63) is 35.9 Å². The van der Waals surface area contributed by atoms with Gasteiger partial charge < -0.3 is 0 Å². The molecule has 0 radical (unpaired) electrons. The van der Waals surface area contributed by atoms with Crippen molar-refractivity contribution in [3.8, 4) is 0 Å². The second-order valence-corrected chi connectivity index (χ2v) is 4.89. The first-order valence-corrected chi connectivity index (χ1v) is 6.26. The summed E-state index contributed by atoms with van der Waals surface area (Å²) < 4.78 is 0. The lowest BCUT2D eigenvalue weighted by Gasteiger charge is -2.36. The van der Waals surface area contributed by atoms with Crippen molar-refractivity contribution in [1.29, 1.82) is 0 Å². The molecule has 1 aliphatic carbocycles. The van der Waals surface area contributed by atoms with E-state index in [1.807, 2.05) is 0 Å². The van der Waals surface area contributed by atoms with Crippen molar-refractivity contribution in [2.45, 2.75) is 44.2 Å². The Hall–Kier alpha value is -0.820. The normalized spacial score (nSPS) is 27.9. The maximum absolute atomic E-state index is 2.75. The average Bonchev–Trinajstić information content (AvgIpc) is 3.14. The summed E-state index contributed by atoms with van der Waals surface area (Å²) in [6, 6.07) is 12.7. The molecule has 1 aromatic rings. The average molecular weight is 201 g/mol. The van der Waals surface area contributed by atoms with Crippen LogP contribution in [0.5, 0.6) is 0 Å². The molecule has 2 aliphatic rings. The van der Waals surface area contributed by atoms with Crippen LogP contribution in [0.25, 0.3) is 0 Å². The van der Waals surface area contributed by atoms with Crippen LogP contribution in [0, 0.1) is 0 Å².